The molecule has 146 valence electrons. The fourth-order valence-corrected chi connectivity index (χ4v) is 2.66. The summed E-state index contributed by atoms with van der Waals surface area (Å²) in [5.41, 5.74) is 4.66. The van der Waals surface area contributed by atoms with Crippen LogP contribution in [0, 0.1) is 5.82 Å². The van der Waals surface area contributed by atoms with Crippen molar-refractivity contribution >= 4 is 34.8 Å². The molecule has 7 heteroatoms. The first kappa shape index (κ1) is 20.2. The molecule has 5 nitrogen and oxygen atoms in total. The lowest BCUT2D eigenvalue weighted by Gasteiger charge is -2.10. The first-order valence-electron chi connectivity index (χ1n) is 8.70. The Morgan fingerprint density at radius 3 is 2.17 bits per heavy atom. The van der Waals surface area contributed by atoms with Gasteiger partial charge in [-0.05, 0) is 61.0 Å². The lowest BCUT2D eigenvalue weighted by atomic mass is 10.1. The number of amides is 2. The summed E-state index contributed by atoms with van der Waals surface area (Å²) in [5.74, 6) is -1.21. The Morgan fingerprint density at radius 1 is 0.862 bits per heavy atom. The van der Waals surface area contributed by atoms with Crippen LogP contribution in [0.1, 0.15) is 33.2 Å². The highest BCUT2D eigenvalue weighted by Gasteiger charge is 2.14. The van der Waals surface area contributed by atoms with Gasteiger partial charge in [0.25, 0.3) is 11.8 Å². The van der Waals surface area contributed by atoms with Crippen LogP contribution in [0.15, 0.2) is 77.9 Å². The summed E-state index contributed by atoms with van der Waals surface area (Å²) in [5, 5.41) is 7.30. The van der Waals surface area contributed by atoms with Crippen molar-refractivity contribution in [3.05, 3.63) is 100 Å². The maximum atomic E-state index is 13.0. The standard InChI is InChI=1S/C22H17ClFN3O2/c1-14(15-8-12-18(24)13-9-15)26-27-22(29)19-4-2-3-5-20(19)25-21(28)16-6-10-17(23)11-7-16/h2-13H,1H3,(H,25,28)(H,27,29)/b26-14+. The summed E-state index contributed by atoms with van der Waals surface area (Å²) in [7, 11) is 0. The molecule has 0 aromatic heterocycles. The van der Waals surface area contributed by atoms with E-state index in [1.165, 1.54) is 12.1 Å². The number of para-hydroxylation sites is 1. The molecule has 3 aromatic rings. The van der Waals surface area contributed by atoms with E-state index in [2.05, 4.69) is 15.8 Å². The minimum absolute atomic E-state index is 0.255. The molecule has 0 atom stereocenters. The van der Waals surface area contributed by atoms with E-state index >= 15 is 0 Å². The number of carbonyl (C=O) groups is 2. The highest BCUT2D eigenvalue weighted by atomic mass is 35.5. The molecule has 3 rings (SSSR count). The summed E-state index contributed by atoms with van der Waals surface area (Å²) in [6.45, 7) is 1.70. The maximum absolute atomic E-state index is 13.0. The third kappa shape index (κ3) is 5.27. The van der Waals surface area contributed by atoms with E-state index in [0.717, 1.165) is 0 Å². The highest BCUT2D eigenvalue weighted by Crippen LogP contribution is 2.17. The molecule has 0 saturated carbocycles. The Morgan fingerprint density at radius 2 is 1.48 bits per heavy atom. The van der Waals surface area contributed by atoms with Crippen molar-refractivity contribution in [2.45, 2.75) is 6.92 Å². The lowest BCUT2D eigenvalue weighted by molar-refractivity contribution is 0.0955. The number of rotatable bonds is 5. The van der Waals surface area contributed by atoms with Crippen molar-refractivity contribution in [3.63, 3.8) is 0 Å². The van der Waals surface area contributed by atoms with Crippen molar-refractivity contribution in [2.24, 2.45) is 5.10 Å². The molecule has 0 bridgehead atoms. The molecule has 0 fully saturated rings. The second-order valence-electron chi connectivity index (χ2n) is 6.15. The normalized spacial score (nSPS) is 11.1. The third-order valence-corrected chi connectivity index (χ3v) is 4.37. The number of carbonyl (C=O) groups excluding carboxylic acids is 2. The molecule has 0 saturated heterocycles. The van der Waals surface area contributed by atoms with E-state index in [4.69, 9.17) is 11.6 Å². The van der Waals surface area contributed by atoms with Gasteiger partial charge < -0.3 is 5.32 Å². The number of nitrogens with one attached hydrogen (secondary N) is 2. The first-order valence-corrected chi connectivity index (χ1v) is 9.08. The first-order chi connectivity index (χ1) is 13.9. The van der Waals surface area contributed by atoms with E-state index in [9.17, 15) is 14.0 Å². The van der Waals surface area contributed by atoms with Gasteiger partial charge in [0, 0.05) is 10.6 Å². The molecule has 3 aromatic carbocycles. The molecule has 0 aliphatic carbocycles. The van der Waals surface area contributed by atoms with Crippen molar-refractivity contribution in [1.82, 2.24) is 5.43 Å². The van der Waals surface area contributed by atoms with Crippen LogP contribution in [-0.4, -0.2) is 17.5 Å². The van der Waals surface area contributed by atoms with Crippen molar-refractivity contribution < 1.29 is 14.0 Å². The van der Waals surface area contributed by atoms with Crippen LogP contribution in [0.4, 0.5) is 10.1 Å². The van der Waals surface area contributed by atoms with Gasteiger partial charge in [0.15, 0.2) is 0 Å². The topological polar surface area (TPSA) is 70.6 Å². The van der Waals surface area contributed by atoms with Crippen molar-refractivity contribution in [2.75, 3.05) is 5.32 Å². The Kier molecular flexibility index (Phi) is 6.36. The fourth-order valence-electron chi connectivity index (χ4n) is 2.54. The Bertz CT molecular complexity index is 1060. The fraction of sp³-hybridized carbons (Fsp3) is 0.0455. The van der Waals surface area contributed by atoms with Crippen LogP contribution in [-0.2, 0) is 0 Å². The minimum Gasteiger partial charge on any atom is -0.321 e. The number of halogens is 2. The van der Waals surface area contributed by atoms with Gasteiger partial charge in [-0.3, -0.25) is 9.59 Å². The molecule has 29 heavy (non-hydrogen) atoms. The summed E-state index contributed by atoms with van der Waals surface area (Å²) >= 11 is 5.84. The van der Waals surface area contributed by atoms with Gasteiger partial charge in [-0.1, -0.05) is 35.9 Å². The number of hydrogen-bond donors (Lipinski definition) is 2. The SMILES string of the molecule is C/C(=N\NC(=O)c1ccccc1NC(=O)c1ccc(Cl)cc1)c1ccc(F)cc1. The zero-order valence-corrected chi connectivity index (χ0v) is 16.2. The molecule has 0 aliphatic rings. The Balaban J connectivity index is 1.74. The quantitative estimate of drug-likeness (QED) is 0.465. The summed E-state index contributed by atoms with van der Waals surface area (Å²) < 4.78 is 13.0. The second kappa shape index (κ2) is 9.12. The molecular formula is C22H17ClFN3O2. The Hall–Kier alpha value is -3.51. The average molecular weight is 410 g/mol. The van der Waals surface area contributed by atoms with Crippen LogP contribution in [0.3, 0.4) is 0 Å². The number of benzene rings is 3. The van der Waals surface area contributed by atoms with Crippen LogP contribution in [0.2, 0.25) is 5.02 Å². The summed E-state index contributed by atoms with van der Waals surface area (Å²) in [6, 6.07) is 18.8. The summed E-state index contributed by atoms with van der Waals surface area (Å²) in [4.78, 5) is 25.0. The number of anilines is 1. The molecule has 0 radical (unpaired) electrons. The molecule has 2 amide bonds. The van der Waals surface area contributed by atoms with Crippen molar-refractivity contribution in [1.29, 1.82) is 0 Å². The third-order valence-electron chi connectivity index (χ3n) is 4.11. The molecular weight excluding hydrogens is 393 g/mol. The van der Waals surface area contributed by atoms with Gasteiger partial charge in [-0.25, -0.2) is 9.82 Å². The van der Waals surface area contributed by atoms with Crippen LogP contribution in [0.5, 0.6) is 0 Å². The lowest BCUT2D eigenvalue weighted by Crippen LogP contribution is -2.22. The van der Waals surface area contributed by atoms with Gasteiger partial charge in [0.2, 0.25) is 0 Å². The average Bonchev–Trinajstić information content (AvgIpc) is 2.73. The second-order valence-corrected chi connectivity index (χ2v) is 6.59. The van der Waals surface area contributed by atoms with Crippen LogP contribution in [0.25, 0.3) is 0 Å². The monoisotopic (exact) mass is 409 g/mol. The zero-order valence-electron chi connectivity index (χ0n) is 15.4. The Labute approximate surface area is 172 Å². The molecule has 0 unspecified atom stereocenters. The van der Waals surface area contributed by atoms with Crippen molar-refractivity contribution in [3.8, 4) is 0 Å². The highest BCUT2D eigenvalue weighted by molar-refractivity contribution is 6.30. The largest absolute Gasteiger partial charge is 0.321 e. The molecule has 0 heterocycles. The van der Waals surface area contributed by atoms with E-state index in [-0.39, 0.29) is 17.3 Å². The van der Waals surface area contributed by atoms with Gasteiger partial charge in [0.05, 0.1) is 17.0 Å². The zero-order chi connectivity index (χ0) is 20.8. The van der Waals surface area contributed by atoms with Gasteiger partial charge in [0.1, 0.15) is 5.82 Å². The maximum Gasteiger partial charge on any atom is 0.273 e. The molecule has 2 N–H and O–H groups in total. The van der Waals surface area contributed by atoms with E-state index in [0.29, 0.717) is 27.5 Å². The van der Waals surface area contributed by atoms with Gasteiger partial charge in [-0.2, -0.15) is 5.10 Å². The number of nitrogens with zero attached hydrogens (tertiary/aromatic N) is 1. The van der Waals surface area contributed by atoms with E-state index in [1.54, 1.807) is 67.6 Å². The minimum atomic E-state index is -0.488. The summed E-state index contributed by atoms with van der Waals surface area (Å²) in [6.07, 6.45) is 0. The van der Waals surface area contributed by atoms with Gasteiger partial charge in [-0.15, -0.1) is 0 Å². The number of hydrazone groups is 1. The van der Waals surface area contributed by atoms with E-state index < -0.39 is 5.91 Å². The van der Waals surface area contributed by atoms with Crippen LogP contribution >= 0.6 is 11.6 Å². The predicted octanol–water partition coefficient (Wildman–Crippen LogP) is 4.89. The van der Waals surface area contributed by atoms with Crippen LogP contribution < -0.4 is 10.7 Å². The molecule has 0 aliphatic heterocycles. The smallest absolute Gasteiger partial charge is 0.273 e. The van der Waals surface area contributed by atoms with E-state index in [1.807, 2.05) is 0 Å². The molecule has 0 spiro atoms. The number of hydrogen-bond acceptors (Lipinski definition) is 3. The van der Waals surface area contributed by atoms with Gasteiger partial charge >= 0.3 is 0 Å². The predicted molar refractivity (Wildman–Crippen MR) is 112 cm³/mol.